The van der Waals surface area contributed by atoms with Crippen molar-refractivity contribution >= 4 is 96.9 Å². The highest BCUT2D eigenvalue weighted by molar-refractivity contribution is 7.86. The Kier molecular flexibility index (Phi) is 32.7. The molecule has 39 heteroatoms. The first-order valence-corrected chi connectivity index (χ1v) is 47.6. The molecule has 6 amide bonds. The molecule has 12 heterocycles. The van der Waals surface area contributed by atoms with Crippen LogP contribution >= 0.6 is 0 Å². The maximum atomic E-state index is 13.4. The molecule has 0 unspecified atom stereocenters. The molecule has 734 valence electrons. The molecular formula is C95H132F6N18O14S. The Labute approximate surface area is 787 Å². The summed E-state index contributed by atoms with van der Waals surface area (Å²) in [4.78, 5) is 117. The molecule has 6 aliphatic rings. The summed E-state index contributed by atoms with van der Waals surface area (Å²) < 4.78 is 157. The second kappa shape index (κ2) is 45.2. The maximum absolute atomic E-state index is 13.4. The zero-order valence-corrected chi connectivity index (χ0v) is 78.8. The highest BCUT2D eigenvalue weighted by Crippen LogP contribution is 2.42. The summed E-state index contributed by atoms with van der Waals surface area (Å²) in [6.45, 7) is 36.2. The van der Waals surface area contributed by atoms with E-state index < -0.39 is 39.6 Å². The van der Waals surface area contributed by atoms with Crippen LogP contribution in [0.25, 0.3) is 33.1 Å². The zero-order chi connectivity index (χ0) is 102. The van der Waals surface area contributed by atoms with Crippen molar-refractivity contribution in [3.63, 3.8) is 0 Å². The van der Waals surface area contributed by atoms with Crippen LogP contribution < -0.4 is 35.5 Å². The molecule has 9 aromatic rings. The van der Waals surface area contributed by atoms with E-state index in [1.807, 2.05) is 122 Å². The molecule has 15 rings (SSSR count). The lowest BCUT2D eigenvalue weighted by Gasteiger charge is -2.32. The highest BCUT2D eigenvalue weighted by Gasteiger charge is 2.44. The van der Waals surface area contributed by atoms with E-state index in [0.29, 0.717) is 73.8 Å². The van der Waals surface area contributed by atoms with Crippen LogP contribution in [0, 0.1) is 20.8 Å². The number of carbonyl (C=O) groups is 6. The number of likely N-dealkylation sites (tertiary alicyclic amines) is 5. The van der Waals surface area contributed by atoms with Crippen molar-refractivity contribution in [2.24, 2.45) is 0 Å². The number of nitrogens with zero attached hydrogens (tertiary/aromatic N) is 14. The minimum Gasteiger partial charge on any atom is -0.488 e. The van der Waals surface area contributed by atoms with Gasteiger partial charge in [-0.25, -0.2) is 24.5 Å². The largest absolute Gasteiger partial charge is 0.537 e. The number of aromatic nitrogens is 9. The number of hydrogen-bond acceptors (Lipinski definition) is 23. The maximum Gasteiger partial charge on any atom is 0.537 e. The lowest BCUT2D eigenvalue weighted by atomic mass is 10.1. The van der Waals surface area contributed by atoms with E-state index in [-0.39, 0.29) is 73.7 Å². The first kappa shape index (κ1) is 97.0. The topological polar surface area (TPSA) is 348 Å². The second-order valence-electron chi connectivity index (χ2n) is 36.4. The lowest BCUT2D eigenvalue weighted by molar-refractivity contribution is -0.272. The van der Waals surface area contributed by atoms with Gasteiger partial charge in [0.15, 0.2) is 5.75 Å². The number of carbonyl (C=O) groups excluding carboxylic acids is 6. The van der Waals surface area contributed by atoms with Crippen molar-refractivity contribution in [1.82, 2.24) is 73.4 Å². The molecule has 0 aliphatic carbocycles. The normalized spacial score (nSPS) is 18.7. The molecular weight excluding hydrogens is 1760 g/mol. The summed E-state index contributed by atoms with van der Waals surface area (Å²) in [7, 11) is -5.65. The van der Waals surface area contributed by atoms with Crippen molar-refractivity contribution in [3.8, 4) is 17.2 Å². The number of nitrogens with one attached hydrogen (secondary N) is 4. The number of para-hydroxylation sites is 3. The fraction of sp³-hybridized carbons (Fsp3) is 0.537. The van der Waals surface area contributed by atoms with Crippen LogP contribution in [-0.2, 0) is 28.6 Å². The number of rotatable bonds is 20. The van der Waals surface area contributed by atoms with Gasteiger partial charge in [0.05, 0.1) is 34.7 Å². The summed E-state index contributed by atoms with van der Waals surface area (Å²) in [5.41, 5.74) is 7.42. The van der Waals surface area contributed by atoms with Gasteiger partial charge >= 0.3 is 24.7 Å². The number of fused-ring (bicyclic) bond motifs is 3. The number of benzene rings is 3. The van der Waals surface area contributed by atoms with Crippen molar-refractivity contribution in [2.45, 2.75) is 233 Å². The molecule has 0 radical (unpaired) electrons. The first-order chi connectivity index (χ1) is 66.7. The van der Waals surface area contributed by atoms with Crippen LogP contribution in [-0.4, -0.2) is 252 Å². The van der Waals surface area contributed by atoms with Gasteiger partial charge in [0.25, 0.3) is 27.8 Å². The molecule has 0 spiro atoms. The molecule has 134 heavy (non-hydrogen) atoms. The van der Waals surface area contributed by atoms with Crippen LogP contribution in [0.5, 0.6) is 17.2 Å². The van der Waals surface area contributed by atoms with E-state index in [4.69, 9.17) is 47.5 Å². The Hall–Kier alpha value is -11.6. The SMILES string of the molecule is C=CC(=O)N1CCCC[C@@H](n2c(NC(=O)c3ccnc(C)c3)nc3cccc(OC4CCN(CC)CC4)c32)C1.CCN1CCC(Oc2cccc3nc(NC(=O)c4ccnc(C)c4)n([C@@H]4CCCCN(C(=O)OC(C)(C)C)C4)c23)CC1.Cc1cc(C(=O)Nc2nc3cccc(OC4CCNCC4)c3n2[C@@H]2CCCCN(C(=O)OC(C)(C)C)C2)ccn1.O=S(=O)(CC(F)(F)F)OC(F)(F)F.[2HH].[2H][2H].[2H][2H].[2H][2H]. The Bertz CT molecular complexity index is 5700. The molecule has 0 saturated carbocycles. The van der Waals surface area contributed by atoms with E-state index in [2.05, 4.69) is 84.3 Å². The zero-order valence-electron chi connectivity index (χ0n) is 84.0. The lowest BCUT2D eigenvalue weighted by Crippen LogP contribution is -2.39. The minimum absolute atomic E-state index is 0. The summed E-state index contributed by atoms with van der Waals surface area (Å²) in [6.07, 6.45) is 8.72. The van der Waals surface area contributed by atoms with E-state index in [0.717, 1.165) is 216 Å². The molecule has 0 bridgehead atoms. The predicted molar refractivity (Wildman–Crippen MR) is 505 cm³/mol. The fourth-order valence-electron chi connectivity index (χ4n) is 17.4. The second-order valence-corrected chi connectivity index (χ2v) is 38.0. The molecule has 6 saturated heterocycles. The van der Waals surface area contributed by atoms with E-state index in [9.17, 15) is 63.5 Å². The Balaban J connectivity index is 0.000000236. The number of anilines is 3. The fourth-order valence-corrected chi connectivity index (χ4v) is 18.1. The van der Waals surface area contributed by atoms with Gasteiger partial charge in [-0.15, -0.1) is 13.2 Å². The van der Waals surface area contributed by atoms with Gasteiger partial charge in [-0.3, -0.25) is 50.1 Å². The number of halogens is 6. The van der Waals surface area contributed by atoms with Crippen LogP contribution in [0.15, 0.2) is 122 Å². The van der Waals surface area contributed by atoms with Crippen molar-refractivity contribution in [2.75, 3.05) is 113 Å². The number of alkyl halides is 6. The van der Waals surface area contributed by atoms with Gasteiger partial charge in [0.1, 0.15) is 63.3 Å². The molecule has 3 aromatic carbocycles. The summed E-state index contributed by atoms with van der Waals surface area (Å²) in [5.74, 6) is 0.0736. The highest BCUT2D eigenvalue weighted by atomic mass is 32.2. The number of aryl methyl sites for hydroxylation is 3. The van der Waals surface area contributed by atoms with E-state index in [1.165, 1.54) is 6.08 Å². The molecule has 4 N–H and O–H groups in total. The number of pyridine rings is 3. The third-order valence-electron chi connectivity index (χ3n) is 23.7. The van der Waals surface area contributed by atoms with E-state index in [1.54, 1.807) is 64.8 Å². The van der Waals surface area contributed by atoms with E-state index >= 15 is 0 Å². The Morgan fingerprint density at radius 2 is 0.806 bits per heavy atom. The van der Waals surface area contributed by atoms with Gasteiger partial charge in [0.2, 0.25) is 23.8 Å². The molecule has 6 aromatic heterocycles. The standard InChI is InChI=1S/C32H44N6O4.C30H40N6O4.C30H38N6O3.C3H2F6O3S.4H2/c1-6-36-18-14-25(15-19-36)41-27-12-9-11-26-28(27)38(30(34-26)35-29(39)23-13-16-33-22(2)20-23)24-10-7-8-17-37(21-24)31(40)42-32(3,4)5;1-20-18-21(11-16-32-20)27(37)34-28-33-24-9-7-10-25(39-23-12-14-31-15-13-23)26(24)36(28)22-8-5-6-17-35(19-22)29(38)40-30(2,3)4;1-4-27(37)35-16-7-6-9-23(20-35)36-28-25(32-30(36)33-29(38)22-12-15-31-21(3)19-22)10-8-11-26(28)39-24-13-17-34(5-2)18-14-24;4-2(5,6)1-13(10,11)12-3(7,8)9;;;;/h9,11-13,16,20,24-25H,6-8,10,14-15,17-19,21H2,1-5H3,(H,34,35,39);7,9-11,16,18,22-23,31H,5-6,8,12-15,17,19H2,1-4H3,(H,33,34,37);4,8,10-12,15,19,23-24H,1,5-7,9,13-14,16-18,20H2,2-3H3,(H,32,33,38);1H2;4*1H/t24-;22-;23-;;;;;/m111...../s1/i;;;;3*1+1D;1+1. The Morgan fingerprint density at radius 3 is 1.11 bits per heavy atom. The van der Waals surface area contributed by atoms with Gasteiger partial charge in [-0.2, -0.15) is 25.8 Å². The predicted octanol–water partition coefficient (Wildman–Crippen LogP) is 17.9. The third-order valence-corrected chi connectivity index (χ3v) is 24.8. The summed E-state index contributed by atoms with van der Waals surface area (Å²) in [5, 5.41) is 12.6. The van der Waals surface area contributed by atoms with Crippen molar-refractivity contribution in [3.05, 3.63) is 156 Å². The van der Waals surface area contributed by atoms with Crippen LogP contribution in [0.2, 0.25) is 0 Å². The molecule has 6 fully saturated rings. The van der Waals surface area contributed by atoms with Gasteiger partial charge in [0, 0.05) is 128 Å². The Morgan fingerprint density at radius 1 is 0.478 bits per heavy atom. The third kappa shape index (κ3) is 28.5. The number of amides is 6. The number of ether oxygens (including phenoxy) is 5. The number of hydrogen-bond donors (Lipinski definition) is 4. The van der Waals surface area contributed by atoms with Crippen LogP contribution in [0.4, 0.5) is 53.8 Å². The average molecular weight is 1900 g/mol. The van der Waals surface area contributed by atoms with Crippen molar-refractivity contribution < 1.29 is 102 Å². The van der Waals surface area contributed by atoms with Gasteiger partial charge in [-0.05, 0) is 264 Å². The van der Waals surface area contributed by atoms with Crippen LogP contribution in [0.1, 0.15) is 228 Å². The van der Waals surface area contributed by atoms with Gasteiger partial charge < -0.3 is 67.2 Å². The van der Waals surface area contributed by atoms with Gasteiger partial charge in [-0.1, -0.05) is 38.6 Å². The smallest absolute Gasteiger partial charge is 0.488 e. The average Bonchev–Trinajstić information content (AvgIpc) is 1.62. The first-order valence-electron chi connectivity index (χ1n) is 49.0. The summed E-state index contributed by atoms with van der Waals surface area (Å²) >= 11 is 0. The number of piperidine rings is 3. The quantitative estimate of drug-likeness (QED) is 0.0313. The molecule has 6 aliphatic heterocycles. The molecule has 3 atom stereocenters. The summed E-state index contributed by atoms with van der Waals surface area (Å²) in [6, 6.07) is 27.7. The van der Waals surface area contributed by atoms with Crippen LogP contribution in [0.3, 0.4) is 0 Å². The minimum atomic E-state index is -5.65. The molecule has 32 nitrogen and oxygen atoms in total. The monoisotopic (exact) mass is 1900 g/mol. The van der Waals surface area contributed by atoms with Crippen molar-refractivity contribution in [1.29, 1.82) is 0 Å². The number of imidazole rings is 3.